The van der Waals surface area contributed by atoms with Gasteiger partial charge in [0.15, 0.2) is 0 Å². The largest absolute Gasteiger partial charge is 0.322 e. The highest BCUT2D eigenvalue weighted by molar-refractivity contribution is 7.99. The van der Waals surface area contributed by atoms with Crippen LogP contribution in [0.3, 0.4) is 0 Å². The van der Waals surface area contributed by atoms with E-state index >= 15 is 0 Å². The topological polar surface area (TPSA) is 38.9 Å². The second-order valence-electron chi connectivity index (χ2n) is 4.06. The fourth-order valence-electron chi connectivity index (χ4n) is 1.96. The van der Waals surface area contributed by atoms with E-state index in [1.54, 1.807) is 11.3 Å². The average molecular weight is 242 g/mol. The number of thiazole rings is 1. The van der Waals surface area contributed by atoms with Crippen LogP contribution in [0.2, 0.25) is 0 Å². The summed E-state index contributed by atoms with van der Waals surface area (Å²) in [4.78, 5) is 6.00. The van der Waals surface area contributed by atoms with Crippen molar-refractivity contribution in [2.45, 2.75) is 32.7 Å². The van der Waals surface area contributed by atoms with Gasteiger partial charge in [-0.2, -0.15) is 11.8 Å². The molecule has 2 atom stereocenters. The van der Waals surface area contributed by atoms with Gasteiger partial charge in [-0.1, -0.05) is 6.92 Å². The maximum atomic E-state index is 6.27. The third kappa shape index (κ3) is 2.37. The van der Waals surface area contributed by atoms with Crippen LogP contribution in [0.4, 0.5) is 0 Å². The first-order valence-corrected chi connectivity index (χ1v) is 7.49. The molecule has 2 nitrogen and oxygen atoms in total. The molecule has 0 amide bonds. The van der Waals surface area contributed by atoms with Gasteiger partial charge in [-0.15, -0.1) is 11.3 Å². The Balaban J connectivity index is 2.13. The van der Waals surface area contributed by atoms with Crippen LogP contribution in [-0.2, 0) is 6.42 Å². The molecule has 2 rings (SSSR count). The quantitative estimate of drug-likeness (QED) is 0.886. The molecule has 4 heteroatoms. The van der Waals surface area contributed by atoms with Crippen molar-refractivity contribution in [2.75, 3.05) is 11.5 Å². The number of nitrogens with zero attached hydrogens (tertiary/aromatic N) is 1. The summed E-state index contributed by atoms with van der Waals surface area (Å²) in [7, 11) is 0. The summed E-state index contributed by atoms with van der Waals surface area (Å²) < 4.78 is 0. The van der Waals surface area contributed by atoms with E-state index in [4.69, 9.17) is 5.73 Å². The summed E-state index contributed by atoms with van der Waals surface area (Å²) in [6.07, 6.45) is 2.28. The Morgan fingerprint density at radius 3 is 2.93 bits per heavy atom. The monoisotopic (exact) mass is 242 g/mol. The number of thioether (sulfide) groups is 1. The zero-order valence-electron chi connectivity index (χ0n) is 9.32. The molecule has 1 aliphatic rings. The molecule has 1 saturated heterocycles. The molecule has 0 aliphatic carbocycles. The number of aryl methyl sites for hydroxylation is 2. The maximum Gasteiger partial charge on any atom is 0.110 e. The fraction of sp³-hybridized carbons (Fsp3) is 0.727. The molecule has 0 radical (unpaired) electrons. The molecule has 1 aromatic heterocycles. The second-order valence-corrected chi connectivity index (χ2v) is 6.44. The molecule has 2 unspecified atom stereocenters. The Bertz CT molecular complexity index is 329. The maximum absolute atomic E-state index is 6.27. The van der Waals surface area contributed by atoms with Gasteiger partial charge in [-0.3, -0.25) is 0 Å². The number of hydrogen-bond donors (Lipinski definition) is 1. The summed E-state index contributed by atoms with van der Waals surface area (Å²) in [5, 5.41) is 1.15. The lowest BCUT2D eigenvalue weighted by atomic mass is 10.0. The summed E-state index contributed by atoms with van der Waals surface area (Å²) in [5.74, 6) is 3.12. The van der Waals surface area contributed by atoms with Gasteiger partial charge >= 0.3 is 0 Å². The molecule has 0 aromatic carbocycles. The highest BCUT2D eigenvalue weighted by Crippen LogP contribution is 2.34. The van der Waals surface area contributed by atoms with E-state index in [2.05, 4.69) is 18.8 Å². The first-order chi connectivity index (χ1) is 7.22. The average Bonchev–Trinajstić information content (AvgIpc) is 2.85. The SMILES string of the molecule is CCc1nc(C(N)C2CCSC2)sc1C. The van der Waals surface area contributed by atoms with Crippen molar-refractivity contribution in [3.8, 4) is 0 Å². The molecule has 2 heterocycles. The van der Waals surface area contributed by atoms with Gasteiger partial charge < -0.3 is 5.73 Å². The standard InChI is InChI=1S/C11H18N2S2/c1-3-9-7(2)15-11(13-9)10(12)8-4-5-14-6-8/h8,10H,3-6,12H2,1-2H3. The van der Waals surface area contributed by atoms with Crippen molar-refractivity contribution in [1.82, 2.24) is 4.98 Å². The van der Waals surface area contributed by atoms with Gasteiger partial charge in [-0.25, -0.2) is 4.98 Å². The first kappa shape index (κ1) is 11.4. The van der Waals surface area contributed by atoms with Gasteiger partial charge in [-0.05, 0) is 37.2 Å². The molecule has 0 saturated carbocycles. The number of hydrogen-bond acceptors (Lipinski definition) is 4. The van der Waals surface area contributed by atoms with Gasteiger partial charge in [0.1, 0.15) is 5.01 Å². The molecule has 1 aromatic rings. The Hall–Kier alpha value is -0.0600. The van der Waals surface area contributed by atoms with Crippen molar-refractivity contribution >= 4 is 23.1 Å². The molecule has 15 heavy (non-hydrogen) atoms. The molecule has 1 fully saturated rings. The Labute approximate surface area is 99.7 Å². The van der Waals surface area contributed by atoms with Gasteiger partial charge in [0, 0.05) is 4.88 Å². The van der Waals surface area contributed by atoms with Crippen LogP contribution < -0.4 is 5.73 Å². The molecule has 0 bridgehead atoms. The predicted molar refractivity (Wildman–Crippen MR) is 68.6 cm³/mol. The van der Waals surface area contributed by atoms with Crippen molar-refractivity contribution in [3.05, 3.63) is 15.6 Å². The van der Waals surface area contributed by atoms with Crippen LogP contribution in [0.5, 0.6) is 0 Å². The lowest BCUT2D eigenvalue weighted by Crippen LogP contribution is -2.20. The van der Waals surface area contributed by atoms with Crippen LogP contribution in [0.15, 0.2) is 0 Å². The summed E-state index contributed by atoms with van der Waals surface area (Å²) >= 11 is 3.81. The molecule has 1 aliphatic heterocycles. The summed E-state index contributed by atoms with van der Waals surface area (Å²) in [6, 6.07) is 0.170. The van der Waals surface area contributed by atoms with E-state index in [-0.39, 0.29) is 6.04 Å². The lowest BCUT2D eigenvalue weighted by molar-refractivity contribution is 0.479. The van der Waals surface area contributed by atoms with Crippen LogP contribution >= 0.6 is 23.1 Å². The second kappa shape index (κ2) is 4.85. The third-order valence-electron chi connectivity index (χ3n) is 3.00. The van der Waals surface area contributed by atoms with Gasteiger partial charge in [0.2, 0.25) is 0 Å². The van der Waals surface area contributed by atoms with Crippen LogP contribution in [0, 0.1) is 12.8 Å². The number of rotatable bonds is 3. The minimum Gasteiger partial charge on any atom is -0.322 e. The van der Waals surface area contributed by atoms with E-state index in [1.807, 2.05) is 11.8 Å². The molecule has 84 valence electrons. The van der Waals surface area contributed by atoms with E-state index < -0.39 is 0 Å². The predicted octanol–water partition coefficient (Wildman–Crippen LogP) is 2.77. The zero-order valence-corrected chi connectivity index (χ0v) is 11.0. The fourth-order valence-corrected chi connectivity index (χ4v) is 4.38. The Morgan fingerprint density at radius 2 is 2.40 bits per heavy atom. The van der Waals surface area contributed by atoms with Crippen molar-refractivity contribution < 1.29 is 0 Å². The highest BCUT2D eigenvalue weighted by atomic mass is 32.2. The van der Waals surface area contributed by atoms with Crippen LogP contribution in [-0.4, -0.2) is 16.5 Å². The van der Waals surface area contributed by atoms with Crippen molar-refractivity contribution in [3.63, 3.8) is 0 Å². The van der Waals surface area contributed by atoms with E-state index in [0.717, 1.165) is 11.4 Å². The minimum atomic E-state index is 0.170. The van der Waals surface area contributed by atoms with E-state index in [9.17, 15) is 0 Å². The van der Waals surface area contributed by atoms with E-state index in [1.165, 1.54) is 28.5 Å². The highest BCUT2D eigenvalue weighted by Gasteiger charge is 2.26. The first-order valence-electron chi connectivity index (χ1n) is 5.52. The molecule has 0 spiro atoms. The molecular formula is C11H18N2S2. The minimum absolute atomic E-state index is 0.170. The molecular weight excluding hydrogens is 224 g/mol. The Kier molecular flexibility index (Phi) is 3.69. The normalized spacial score (nSPS) is 23.3. The summed E-state index contributed by atoms with van der Waals surface area (Å²) in [5.41, 5.74) is 7.50. The van der Waals surface area contributed by atoms with Crippen molar-refractivity contribution in [1.29, 1.82) is 0 Å². The number of aromatic nitrogens is 1. The summed E-state index contributed by atoms with van der Waals surface area (Å²) in [6.45, 7) is 4.30. The number of nitrogens with two attached hydrogens (primary N) is 1. The molecule has 2 N–H and O–H groups in total. The van der Waals surface area contributed by atoms with Crippen molar-refractivity contribution in [2.24, 2.45) is 11.7 Å². The van der Waals surface area contributed by atoms with Crippen LogP contribution in [0.25, 0.3) is 0 Å². The third-order valence-corrected chi connectivity index (χ3v) is 5.30. The van der Waals surface area contributed by atoms with E-state index in [0.29, 0.717) is 5.92 Å². The van der Waals surface area contributed by atoms with Gasteiger partial charge in [0.25, 0.3) is 0 Å². The zero-order chi connectivity index (χ0) is 10.8. The lowest BCUT2D eigenvalue weighted by Gasteiger charge is -2.14. The van der Waals surface area contributed by atoms with Crippen LogP contribution in [0.1, 0.15) is 35.0 Å². The Morgan fingerprint density at radius 1 is 1.60 bits per heavy atom. The smallest absolute Gasteiger partial charge is 0.110 e. The van der Waals surface area contributed by atoms with Gasteiger partial charge in [0.05, 0.1) is 11.7 Å².